The molecular formula is C26H23N5O3. The van der Waals surface area contributed by atoms with Gasteiger partial charge in [0.05, 0.1) is 23.4 Å². The van der Waals surface area contributed by atoms with Gasteiger partial charge < -0.3 is 15.4 Å². The van der Waals surface area contributed by atoms with Gasteiger partial charge >= 0.3 is 0 Å². The highest BCUT2D eigenvalue weighted by molar-refractivity contribution is 5.94. The molecule has 8 heteroatoms. The summed E-state index contributed by atoms with van der Waals surface area (Å²) in [5.41, 5.74) is 4.16. The number of amides is 1. The number of aryl methyl sites for hydroxylation is 1. The Hall–Kier alpha value is -4.30. The lowest BCUT2D eigenvalue weighted by Gasteiger charge is -2.17. The van der Waals surface area contributed by atoms with Crippen LogP contribution in [0.4, 0.5) is 0 Å². The molecule has 0 fully saturated rings. The van der Waals surface area contributed by atoms with Gasteiger partial charge in [-0.15, -0.1) is 0 Å². The summed E-state index contributed by atoms with van der Waals surface area (Å²) in [5, 5.41) is 17.7. The average Bonchev–Trinajstić information content (AvgIpc) is 3.30. The highest BCUT2D eigenvalue weighted by Crippen LogP contribution is 2.23. The van der Waals surface area contributed by atoms with Crippen molar-refractivity contribution < 1.29 is 9.90 Å². The first-order valence-corrected chi connectivity index (χ1v) is 11.0. The maximum atomic E-state index is 12.9. The lowest BCUT2D eigenvalue weighted by Crippen LogP contribution is -2.29. The van der Waals surface area contributed by atoms with Gasteiger partial charge in [0.15, 0.2) is 5.69 Å². The van der Waals surface area contributed by atoms with Crippen molar-refractivity contribution >= 4 is 22.3 Å². The first kappa shape index (κ1) is 21.5. The van der Waals surface area contributed by atoms with Crippen LogP contribution in [-0.2, 0) is 0 Å². The molecule has 0 aliphatic carbocycles. The van der Waals surface area contributed by atoms with E-state index in [4.69, 9.17) is 0 Å². The fraction of sp³-hybridized carbons (Fsp3) is 0.154. The molecule has 34 heavy (non-hydrogen) atoms. The zero-order chi connectivity index (χ0) is 23.7. The standard InChI is InChI=1S/C26H23N5O3/c1-16-6-5-9-21-19(16)12-18(14-27-21)23-15-31-24(26(34)29-23)13-22(30-31)25(33)28-20(10-11-32)17-7-3-2-4-8-17/h2-9,12-15,20,32H,10-11H2,1H3,(H,28,33)(H,29,34). The summed E-state index contributed by atoms with van der Waals surface area (Å²) in [7, 11) is 0. The van der Waals surface area contributed by atoms with Crippen LogP contribution >= 0.6 is 0 Å². The first-order valence-electron chi connectivity index (χ1n) is 11.0. The number of H-pyrrole nitrogens is 1. The fourth-order valence-corrected chi connectivity index (χ4v) is 4.07. The average molecular weight is 454 g/mol. The van der Waals surface area contributed by atoms with E-state index in [0.29, 0.717) is 12.1 Å². The lowest BCUT2D eigenvalue weighted by molar-refractivity contribution is 0.0924. The smallest absolute Gasteiger partial charge is 0.274 e. The summed E-state index contributed by atoms with van der Waals surface area (Å²) in [4.78, 5) is 33.1. The van der Waals surface area contributed by atoms with Crippen molar-refractivity contribution in [3.8, 4) is 11.3 Å². The number of hydrogen-bond acceptors (Lipinski definition) is 5. The molecule has 3 N–H and O–H groups in total. The Kier molecular flexibility index (Phi) is 5.65. The quantitative estimate of drug-likeness (QED) is 0.365. The molecule has 1 unspecified atom stereocenters. The number of carbonyl (C=O) groups excluding carboxylic acids is 1. The molecule has 3 heterocycles. The van der Waals surface area contributed by atoms with Gasteiger partial charge in [0.25, 0.3) is 11.5 Å². The van der Waals surface area contributed by atoms with E-state index in [1.54, 1.807) is 12.4 Å². The fourth-order valence-electron chi connectivity index (χ4n) is 4.07. The van der Waals surface area contributed by atoms with Crippen molar-refractivity contribution in [1.29, 1.82) is 0 Å². The Morgan fingerprint density at radius 1 is 1.15 bits per heavy atom. The number of fused-ring (bicyclic) bond motifs is 2. The highest BCUT2D eigenvalue weighted by Gasteiger charge is 2.19. The Morgan fingerprint density at radius 3 is 2.76 bits per heavy atom. The third kappa shape index (κ3) is 4.06. The molecule has 0 saturated carbocycles. The van der Waals surface area contributed by atoms with E-state index in [-0.39, 0.29) is 29.4 Å². The second kappa shape index (κ2) is 8.92. The molecule has 0 bridgehead atoms. The molecule has 2 aromatic carbocycles. The maximum absolute atomic E-state index is 12.9. The molecule has 5 aromatic rings. The van der Waals surface area contributed by atoms with Crippen LogP contribution in [-0.4, -0.2) is 37.2 Å². The van der Waals surface area contributed by atoms with Crippen molar-refractivity contribution in [2.75, 3.05) is 6.61 Å². The van der Waals surface area contributed by atoms with Gasteiger partial charge in [-0.3, -0.25) is 14.6 Å². The van der Waals surface area contributed by atoms with Gasteiger partial charge in [0.2, 0.25) is 0 Å². The van der Waals surface area contributed by atoms with E-state index in [9.17, 15) is 14.7 Å². The van der Waals surface area contributed by atoms with E-state index in [1.807, 2.05) is 61.5 Å². The number of rotatable bonds is 6. The highest BCUT2D eigenvalue weighted by atomic mass is 16.3. The SMILES string of the molecule is Cc1cccc2ncc(-c3cn4nc(C(=O)NC(CCO)c5ccccc5)cc4c(=O)[nH]3)cc12. The molecule has 1 atom stereocenters. The number of aliphatic hydroxyl groups excluding tert-OH is 1. The molecule has 5 rings (SSSR count). The van der Waals surface area contributed by atoms with Crippen LogP contribution in [0.15, 0.2) is 77.9 Å². The third-order valence-corrected chi connectivity index (χ3v) is 5.88. The topological polar surface area (TPSA) is 112 Å². The number of benzene rings is 2. The number of aromatic nitrogens is 4. The van der Waals surface area contributed by atoms with Gasteiger partial charge in [0, 0.05) is 29.8 Å². The summed E-state index contributed by atoms with van der Waals surface area (Å²) >= 11 is 0. The summed E-state index contributed by atoms with van der Waals surface area (Å²) in [6, 6.07) is 18.4. The number of hydrogen-bond donors (Lipinski definition) is 3. The summed E-state index contributed by atoms with van der Waals surface area (Å²) in [6.45, 7) is 1.94. The number of pyridine rings is 1. The molecule has 0 saturated heterocycles. The minimum Gasteiger partial charge on any atom is -0.396 e. The molecule has 0 aliphatic heterocycles. The molecule has 0 aliphatic rings. The summed E-state index contributed by atoms with van der Waals surface area (Å²) in [6.07, 6.45) is 3.74. The predicted octanol–water partition coefficient (Wildman–Crippen LogP) is 3.40. The van der Waals surface area contributed by atoms with Gasteiger partial charge in [0.1, 0.15) is 5.52 Å². The number of carbonyl (C=O) groups is 1. The van der Waals surface area contributed by atoms with Gasteiger partial charge in [-0.2, -0.15) is 5.10 Å². The number of nitrogens with one attached hydrogen (secondary N) is 2. The molecule has 3 aromatic heterocycles. The maximum Gasteiger partial charge on any atom is 0.274 e. The second-order valence-corrected chi connectivity index (χ2v) is 8.17. The van der Waals surface area contributed by atoms with Gasteiger partial charge in [-0.1, -0.05) is 42.5 Å². The van der Waals surface area contributed by atoms with Crippen LogP contribution in [0.2, 0.25) is 0 Å². The molecular weight excluding hydrogens is 430 g/mol. The number of nitrogens with zero attached hydrogens (tertiary/aromatic N) is 3. The van der Waals surface area contributed by atoms with Crippen LogP contribution in [0, 0.1) is 6.92 Å². The Labute approximate surface area is 194 Å². The minimum atomic E-state index is -0.421. The van der Waals surface area contributed by atoms with E-state index < -0.39 is 5.91 Å². The van der Waals surface area contributed by atoms with Crippen molar-refractivity contribution in [2.24, 2.45) is 0 Å². The monoisotopic (exact) mass is 453 g/mol. The van der Waals surface area contributed by atoms with E-state index in [0.717, 1.165) is 27.6 Å². The van der Waals surface area contributed by atoms with E-state index >= 15 is 0 Å². The Morgan fingerprint density at radius 2 is 1.97 bits per heavy atom. The zero-order valence-corrected chi connectivity index (χ0v) is 18.5. The van der Waals surface area contributed by atoms with Gasteiger partial charge in [-0.05, 0) is 36.6 Å². The molecule has 170 valence electrons. The van der Waals surface area contributed by atoms with Crippen molar-refractivity contribution in [2.45, 2.75) is 19.4 Å². The molecule has 0 spiro atoms. The summed E-state index contributed by atoms with van der Waals surface area (Å²) in [5.74, 6) is -0.421. The second-order valence-electron chi connectivity index (χ2n) is 8.17. The van der Waals surface area contributed by atoms with Crippen molar-refractivity contribution in [3.63, 3.8) is 0 Å². The predicted molar refractivity (Wildman–Crippen MR) is 130 cm³/mol. The Balaban J connectivity index is 1.48. The minimum absolute atomic E-state index is 0.0761. The number of aromatic amines is 1. The normalized spacial score (nSPS) is 12.2. The Bertz CT molecular complexity index is 1560. The zero-order valence-electron chi connectivity index (χ0n) is 18.5. The first-order chi connectivity index (χ1) is 16.5. The van der Waals surface area contributed by atoms with Gasteiger partial charge in [-0.25, -0.2) is 4.52 Å². The van der Waals surface area contributed by atoms with Crippen LogP contribution in [0.3, 0.4) is 0 Å². The third-order valence-electron chi connectivity index (χ3n) is 5.88. The lowest BCUT2D eigenvalue weighted by atomic mass is 10.0. The molecule has 0 radical (unpaired) electrons. The molecule has 8 nitrogen and oxygen atoms in total. The van der Waals surface area contributed by atoms with Crippen molar-refractivity contribution in [1.82, 2.24) is 24.9 Å². The van der Waals surface area contributed by atoms with Crippen molar-refractivity contribution in [3.05, 3.63) is 100 Å². The number of aliphatic hydroxyl groups is 1. The molecule has 1 amide bonds. The van der Waals surface area contributed by atoms with Crippen LogP contribution < -0.4 is 10.9 Å². The largest absolute Gasteiger partial charge is 0.396 e. The van der Waals surface area contributed by atoms with Crippen LogP contribution in [0.1, 0.15) is 34.1 Å². The summed E-state index contributed by atoms with van der Waals surface area (Å²) < 4.78 is 1.41. The van der Waals surface area contributed by atoms with Crippen LogP contribution in [0.25, 0.3) is 27.7 Å². The van der Waals surface area contributed by atoms with Crippen LogP contribution in [0.5, 0.6) is 0 Å². The van der Waals surface area contributed by atoms with E-state index in [2.05, 4.69) is 20.4 Å². The van der Waals surface area contributed by atoms with E-state index in [1.165, 1.54) is 10.6 Å².